The fourth-order valence-corrected chi connectivity index (χ4v) is 2.88. The zero-order chi connectivity index (χ0) is 18.2. The van der Waals surface area contributed by atoms with E-state index in [-0.39, 0.29) is 12.5 Å². The molecule has 1 amide bonds. The monoisotopic (exact) mass is 408 g/mol. The van der Waals surface area contributed by atoms with Crippen molar-refractivity contribution in [1.29, 1.82) is 0 Å². The lowest BCUT2D eigenvalue weighted by Crippen LogP contribution is -2.24. The second-order valence-electron chi connectivity index (χ2n) is 5.46. The normalized spacial score (nSPS) is 11.3. The maximum Gasteiger partial charge on any atom is 0.277 e. The first-order chi connectivity index (χ1) is 12.7. The van der Waals surface area contributed by atoms with E-state index in [1.165, 1.54) is 6.21 Å². The van der Waals surface area contributed by atoms with Crippen LogP contribution in [-0.2, 0) is 4.79 Å². The van der Waals surface area contributed by atoms with Gasteiger partial charge in [0.2, 0.25) is 0 Å². The molecule has 0 unspecified atom stereocenters. The van der Waals surface area contributed by atoms with E-state index in [4.69, 9.17) is 4.74 Å². The van der Waals surface area contributed by atoms with Crippen LogP contribution in [0.2, 0.25) is 0 Å². The van der Waals surface area contributed by atoms with Crippen LogP contribution < -0.4 is 10.2 Å². The molecule has 3 aromatic carbocycles. The fraction of sp³-hybridized carbons (Fsp3) is 0.0476. The molecule has 5 heteroatoms. The molecule has 0 radical (unpaired) electrons. The Labute approximate surface area is 160 Å². The van der Waals surface area contributed by atoms with Gasteiger partial charge in [-0.15, -0.1) is 0 Å². The van der Waals surface area contributed by atoms with Crippen molar-refractivity contribution in [2.75, 3.05) is 6.61 Å². The van der Waals surface area contributed by atoms with E-state index < -0.39 is 0 Å². The summed E-state index contributed by atoms with van der Waals surface area (Å²) in [5.41, 5.74) is 3.51. The molecule has 3 rings (SSSR count). The van der Waals surface area contributed by atoms with E-state index >= 15 is 0 Å². The Balaban J connectivity index is 1.52. The third-order valence-electron chi connectivity index (χ3n) is 3.63. The number of amides is 1. The van der Waals surface area contributed by atoms with Gasteiger partial charge in [0.05, 0.1) is 0 Å². The number of nitrogens with zero attached hydrogens (tertiary/aromatic N) is 1. The standard InChI is InChI=1S/C21H17BrN2O2/c22-19-12-13-20(18-11-5-4-10-17(18)19)26-15-21(25)24-23-14-6-9-16-7-2-1-3-8-16/h1-14H,15H2,(H,24,25). The van der Waals surface area contributed by atoms with Gasteiger partial charge in [-0.3, -0.25) is 4.79 Å². The molecular weight excluding hydrogens is 392 g/mol. The number of hydrogen-bond donors (Lipinski definition) is 1. The summed E-state index contributed by atoms with van der Waals surface area (Å²) in [5.74, 6) is 0.341. The number of hydrogen-bond acceptors (Lipinski definition) is 3. The molecule has 1 N–H and O–H groups in total. The van der Waals surface area contributed by atoms with E-state index in [9.17, 15) is 4.79 Å². The molecular formula is C21H17BrN2O2. The van der Waals surface area contributed by atoms with E-state index in [2.05, 4.69) is 26.5 Å². The van der Waals surface area contributed by atoms with Crippen molar-refractivity contribution in [3.05, 3.63) is 82.8 Å². The van der Waals surface area contributed by atoms with Gasteiger partial charge in [-0.25, -0.2) is 5.43 Å². The van der Waals surface area contributed by atoms with Crippen LogP contribution in [0.5, 0.6) is 5.75 Å². The lowest BCUT2D eigenvalue weighted by atomic mass is 10.1. The highest BCUT2D eigenvalue weighted by Crippen LogP contribution is 2.31. The maximum absolute atomic E-state index is 11.9. The molecule has 26 heavy (non-hydrogen) atoms. The highest BCUT2D eigenvalue weighted by Gasteiger charge is 2.07. The van der Waals surface area contributed by atoms with Crippen molar-refractivity contribution in [2.45, 2.75) is 0 Å². The average Bonchev–Trinajstić information content (AvgIpc) is 2.68. The molecule has 0 saturated heterocycles. The SMILES string of the molecule is O=C(COc1ccc(Br)c2ccccc12)NN=CC=Cc1ccccc1. The Bertz CT molecular complexity index is 953. The molecule has 0 fully saturated rings. The second kappa shape index (κ2) is 8.97. The molecule has 0 bridgehead atoms. The summed E-state index contributed by atoms with van der Waals surface area (Å²) in [4.78, 5) is 11.9. The van der Waals surface area contributed by atoms with Crippen LogP contribution in [0.25, 0.3) is 16.8 Å². The summed E-state index contributed by atoms with van der Waals surface area (Å²) in [7, 11) is 0. The maximum atomic E-state index is 11.9. The van der Waals surface area contributed by atoms with E-state index in [0.717, 1.165) is 20.8 Å². The van der Waals surface area contributed by atoms with Gasteiger partial charge in [0, 0.05) is 16.1 Å². The quantitative estimate of drug-likeness (QED) is 0.470. The number of carbonyl (C=O) groups is 1. The molecule has 0 aliphatic heterocycles. The van der Waals surface area contributed by atoms with Gasteiger partial charge in [0.1, 0.15) is 5.75 Å². The highest BCUT2D eigenvalue weighted by atomic mass is 79.9. The summed E-state index contributed by atoms with van der Waals surface area (Å²) < 4.78 is 6.62. The zero-order valence-corrected chi connectivity index (χ0v) is 15.5. The Kier molecular flexibility index (Phi) is 6.17. The molecule has 0 aromatic heterocycles. The number of allylic oxidation sites excluding steroid dienone is 1. The van der Waals surface area contributed by atoms with Crippen molar-refractivity contribution >= 4 is 44.9 Å². The van der Waals surface area contributed by atoms with Crippen LogP contribution in [-0.4, -0.2) is 18.7 Å². The smallest absolute Gasteiger partial charge is 0.277 e. The van der Waals surface area contributed by atoms with Crippen LogP contribution in [0.4, 0.5) is 0 Å². The molecule has 3 aromatic rings. The minimum Gasteiger partial charge on any atom is -0.483 e. The van der Waals surface area contributed by atoms with Gasteiger partial charge in [-0.1, -0.05) is 76.6 Å². The average molecular weight is 409 g/mol. The first-order valence-electron chi connectivity index (χ1n) is 8.08. The molecule has 130 valence electrons. The lowest BCUT2D eigenvalue weighted by molar-refractivity contribution is -0.123. The molecule has 0 saturated carbocycles. The fourth-order valence-electron chi connectivity index (χ4n) is 2.41. The number of carbonyl (C=O) groups excluding carboxylic acids is 1. The summed E-state index contributed by atoms with van der Waals surface area (Å²) >= 11 is 3.52. The molecule has 0 spiro atoms. The number of ether oxygens (including phenoxy) is 1. The van der Waals surface area contributed by atoms with Gasteiger partial charge >= 0.3 is 0 Å². The van der Waals surface area contributed by atoms with Gasteiger partial charge in [-0.2, -0.15) is 5.10 Å². The molecule has 4 nitrogen and oxygen atoms in total. The second-order valence-corrected chi connectivity index (χ2v) is 6.32. The van der Waals surface area contributed by atoms with Crippen molar-refractivity contribution in [1.82, 2.24) is 5.43 Å². The Hall–Kier alpha value is -2.92. The first kappa shape index (κ1) is 17.9. The molecule has 0 aliphatic rings. The third kappa shape index (κ3) is 4.80. The van der Waals surface area contributed by atoms with E-state index in [1.54, 1.807) is 6.08 Å². The predicted octanol–water partition coefficient (Wildman–Crippen LogP) is 4.80. The third-order valence-corrected chi connectivity index (χ3v) is 4.32. The van der Waals surface area contributed by atoms with Crippen LogP contribution in [0.3, 0.4) is 0 Å². The summed E-state index contributed by atoms with van der Waals surface area (Å²) in [6, 6.07) is 21.4. The van der Waals surface area contributed by atoms with Crippen molar-refractivity contribution in [2.24, 2.45) is 5.10 Å². The number of nitrogens with one attached hydrogen (secondary N) is 1. The number of halogens is 1. The van der Waals surface area contributed by atoms with Gasteiger partial charge in [0.25, 0.3) is 5.91 Å². The van der Waals surface area contributed by atoms with Gasteiger partial charge in [0.15, 0.2) is 6.61 Å². The predicted molar refractivity (Wildman–Crippen MR) is 109 cm³/mol. The Morgan fingerprint density at radius 2 is 1.73 bits per heavy atom. The van der Waals surface area contributed by atoms with E-state index in [0.29, 0.717) is 5.75 Å². The summed E-state index contributed by atoms with van der Waals surface area (Å²) in [6.45, 7) is -0.106. The number of benzene rings is 3. The topological polar surface area (TPSA) is 50.7 Å². The number of hydrazone groups is 1. The van der Waals surface area contributed by atoms with Crippen LogP contribution in [0.1, 0.15) is 5.56 Å². The lowest BCUT2D eigenvalue weighted by Gasteiger charge is -2.09. The van der Waals surface area contributed by atoms with Crippen molar-refractivity contribution in [3.8, 4) is 5.75 Å². The first-order valence-corrected chi connectivity index (χ1v) is 8.87. The van der Waals surface area contributed by atoms with Crippen LogP contribution in [0.15, 0.2) is 82.4 Å². The summed E-state index contributed by atoms with van der Waals surface area (Å²) in [6.07, 6.45) is 5.19. The zero-order valence-electron chi connectivity index (χ0n) is 13.9. The Morgan fingerprint density at radius 1 is 1.00 bits per heavy atom. The Morgan fingerprint density at radius 3 is 2.54 bits per heavy atom. The molecule has 0 aliphatic carbocycles. The van der Waals surface area contributed by atoms with Crippen molar-refractivity contribution in [3.63, 3.8) is 0 Å². The summed E-state index contributed by atoms with van der Waals surface area (Å²) in [5, 5.41) is 5.86. The van der Waals surface area contributed by atoms with Crippen molar-refractivity contribution < 1.29 is 9.53 Å². The van der Waals surface area contributed by atoms with Gasteiger partial charge in [-0.05, 0) is 29.2 Å². The molecule has 0 heterocycles. The number of fused-ring (bicyclic) bond motifs is 1. The van der Waals surface area contributed by atoms with Crippen LogP contribution >= 0.6 is 15.9 Å². The minimum atomic E-state index is -0.318. The largest absolute Gasteiger partial charge is 0.483 e. The number of rotatable bonds is 6. The van der Waals surface area contributed by atoms with Crippen LogP contribution in [0, 0.1) is 0 Å². The van der Waals surface area contributed by atoms with E-state index in [1.807, 2.05) is 72.8 Å². The minimum absolute atomic E-state index is 0.106. The molecule has 0 atom stereocenters. The highest BCUT2D eigenvalue weighted by molar-refractivity contribution is 9.10. The van der Waals surface area contributed by atoms with Gasteiger partial charge < -0.3 is 4.74 Å².